The molecule has 1 aliphatic rings. The van der Waals surface area contributed by atoms with Crippen LogP contribution in [-0.2, 0) is 6.54 Å². The first-order chi connectivity index (χ1) is 11.5. The van der Waals surface area contributed by atoms with Crippen molar-refractivity contribution in [2.75, 3.05) is 13.1 Å². The molecule has 0 aliphatic carbocycles. The van der Waals surface area contributed by atoms with Gasteiger partial charge in [-0.05, 0) is 42.3 Å². The van der Waals surface area contributed by atoms with Crippen LogP contribution < -0.4 is 0 Å². The molecule has 128 valence electrons. The lowest BCUT2D eigenvalue weighted by Gasteiger charge is -2.17. The highest BCUT2D eigenvalue weighted by Crippen LogP contribution is 2.25. The molecule has 3 heteroatoms. The van der Waals surface area contributed by atoms with Crippen LogP contribution in [0.3, 0.4) is 0 Å². The van der Waals surface area contributed by atoms with E-state index in [1.54, 1.807) is 0 Å². The Morgan fingerprint density at radius 3 is 2.50 bits per heavy atom. The number of nitrogens with zero attached hydrogens (tertiary/aromatic N) is 3. The van der Waals surface area contributed by atoms with Crippen molar-refractivity contribution in [3.63, 3.8) is 0 Å². The van der Waals surface area contributed by atoms with E-state index in [0.717, 1.165) is 29.8 Å². The minimum Gasteiger partial charge on any atom is -0.299 e. The molecule has 1 aromatic heterocycles. The summed E-state index contributed by atoms with van der Waals surface area (Å²) in [6.07, 6.45) is 5.30. The first kappa shape index (κ1) is 17.1. The van der Waals surface area contributed by atoms with Gasteiger partial charge in [-0.3, -0.25) is 4.90 Å². The Kier molecular flexibility index (Phi) is 5.30. The highest BCUT2D eigenvalue weighted by atomic mass is 15.1. The van der Waals surface area contributed by atoms with E-state index in [4.69, 9.17) is 0 Å². The zero-order valence-electron chi connectivity index (χ0n) is 15.4. The van der Waals surface area contributed by atoms with E-state index in [9.17, 15) is 0 Å². The van der Waals surface area contributed by atoms with Gasteiger partial charge in [-0.25, -0.2) is 9.97 Å². The van der Waals surface area contributed by atoms with E-state index >= 15 is 0 Å². The largest absolute Gasteiger partial charge is 0.299 e. The number of benzene rings is 1. The number of aromatic nitrogens is 2. The molecule has 0 N–H and O–H groups in total. The second-order valence-electron chi connectivity index (χ2n) is 7.72. The zero-order valence-corrected chi connectivity index (χ0v) is 15.4. The minimum absolute atomic E-state index is 0.522. The first-order valence-electron chi connectivity index (χ1n) is 9.16. The van der Waals surface area contributed by atoms with Crippen LogP contribution in [0.25, 0.3) is 11.4 Å². The third-order valence-corrected chi connectivity index (χ3v) is 5.17. The summed E-state index contributed by atoms with van der Waals surface area (Å²) < 4.78 is 0. The summed E-state index contributed by atoms with van der Waals surface area (Å²) in [5, 5.41) is 0. The number of hydrogen-bond donors (Lipinski definition) is 0. The van der Waals surface area contributed by atoms with Gasteiger partial charge in [0.25, 0.3) is 0 Å². The molecule has 2 heterocycles. The highest BCUT2D eigenvalue weighted by molar-refractivity contribution is 5.56. The van der Waals surface area contributed by atoms with Crippen molar-refractivity contribution in [3.8, 4) is 11.4 Å². The van der Waals surface area contributed by atoms with Gasteiger partial charge in [0.15, 0.2) is 5.82 Å². The van der Waals surface area contributed by atoms with Gasteiger partial charge < -0.3 is 0 Å². The van der Waals surface area contributed by atoms with Crippen LogP contribution in [0.15, 0.2) is 36.7 Å². The van der Waals surface area contributed by atoms with Gasteiger partial charge in [-0.1, -0.05) is 45.9 Å². The van der Waals surface area contributed by atoms with E-state index in [2.05, 4.69) is 66.8 Å². The maximum atomic E-state index is 4.61. The SMILES string of the molecule is CC(C)c1cccc(-c2ncc(CN3CCC(C(C)C)C3)cn2)c1. The van der Waals surface area contributed by atoms with Crippen molar-refractivity contribution >= 4 is 0 Å². The zero-order chi connectivity index (χ0) is 17.1. The predicted octanol–water partition coefficient (Wildman–Crippen LogP) is 4.74. The van der Waals surface area contributed by atoms with Crippen molar-refractivity contribution in [1.29, 1.82) is 0 Å². The molecule has 1 aliphatic heterocycles. The van der Waals surface area contributed by atoms with E-state index in [1.165, 1.54) is 30.6 Å². The summed E-state index contributed by atoms with van der Waals surface area (Å²) in [5.74, 6) is 2.96. The number of hydrogen-bond acceptors (Lipinski definition) is 3. The molecule has 1 fully saturated rings. The van der Waals surface area contributed by atoms with Gasteiger partial charge in [-0.2, -0.15) is 0 Å². The Morgan fingerprint density at radius 2 is 1.88 bits per heavy atom. The summed E-state index contributed by atoms with van der Waals surface area (Å²) in [6.45, 7) is 12.5. The molecule has 0 bridgehead atoms. The van der Waals surface area contributed by atoms with Crippen LogP contribution in [-0.4, -0.2) is 28.0 Å². The molecule has 0 amide bonds. The summed E-state index contributed by atoms with van der Waals surface area (Å²) in [6, 6.07) is 8.56. The third kappa shape index (κ3) is 4.02. The normalized spacial score (nSPS) is 18.7. The molecule has 1 aromatic carbocycles. The van der Waals surface area contributed by atoms with Gasteiger partial charge in [0, 0.05) is 36.6 Å². The Bertz CT molecular complexity index is 661. The monoisotopic (exact) mass is 323 g/mol. The Morgan fingerprint density at radius 1 is 1.12 bits per heavy atom. The molecular weight excluding hydrogens is 294 g/mol. The van der Waals surface area contributed by atoms with Crippen molar-refractivity contribution in [2.24, 2.45) is 11.8 Å². The molecule has 1 saturated heterocycles. The molecule has 0 saturated carbocycles. The van der Waals surface area contributed by atoms with Crippen LogP contribution >= 0.6 is 0 Å². The van der Waals surface area contributed by atoms with Crippen molar-refractivity contribution in [2.45, 2.75) is 46.6 Å². The van der Waals surface area contributed by atoms with Crippen LogP contribution in [0.4, 0.5) is 0 Å². The molecule has 0 radical (unpaired) electrons. The molecule has 2 aromatic rings. The molecule has 3 rings (SSSR count). The van der Waals surface area contributed by atoms with E-state index in [1.807, 2.05) is 12.4 Å². The highest BCUT2D eigenvalue weighted by Gasteiger charge is 2.24. The van der Waals surface area contributed by atoms with Gasteiger partial charge in [0.05, 0.1) is 0 Å². The fourth-order valence-electron chi connectivity index (χ4n) is 3.43. The maximum absolute atomic E-state index is 4.61. The van der Waals surface area contributed by atoms with E-state index in [0.29, 0.717) is 5.92 Å². The van der Waals surface area contributed by atoms with Gasteiger partial charge in [0.1, 0.15) is 0 Å². The van der Waals surface area contributed by atoms with Gasteiger partial charge >= 0.3 is 0 Å². The molecule has 24 heavy (non-hydrogen) atoms. The van der Waals surface area contributed by atoms with Crippen molar-refractivity contribution < 1.29 is 0 Å². The quantitative estimate of drug-likeness (QED) is 0.795. The second-order valence-corrected chi connectivity index (χ2v) is 7.72. The smallest absolute Gasteiger partial charge is 0.159 e. The predicted molar refractivity (Wildman–Crippen MR) is 99.8 cm³/mol. The lowest BCUT2D eigenvalue weighted by molar-refractivity contribution is 0.296. The second kappa shape index (κ2) is 7.43. The molecular formula is C21H29N3. The fourth-order valence-corrected chi connectivity index (χ4v) is 3.43. The van der Waals surface area contributed by atoms with Crippen LogP contribution in [0.1, 0.15) is 51.2 Å². The lowest BCUT2D eigenvalue weighted by atomic mass is 9.95. The Balaban J connectivity index is 1.67. The van der Waals surface area contributed by atoms with E-state index in [-0.39, 0.29) is 0 Å². The van der Waals surface area contributed by atoms with Crippen molar-refractivity contribution in [1.82, 2.24) is 14.9 Å². The van der Waals surface area contributed by atoms with Crippen LogP contribution in [0, 0.1) is 11.8 Å². The molecule has 3 nitrogen and oxygen atoms in total. The lowest BCUT2D eigenvalue weighted by Crippen LogP contribution is -2.21. The Hall–Kier alpha value is -1.74. The summed E-state index contributed by atoms with van der Waals surface area (Å²) in [7, 11) is 0. The van der Waals surface area contributed by atoms with Gasteiger partial charge in [0.2, 0.25) is 0 Å². The minimum atomic E-state index is 0.522. The maximum Gasteiger partial charge on any atom is 0.159 e. The summed E-state index contributed by atoms with van der Waals surface area (Å²) in [4.78, 5) is 11.7. The van der Waals surface area contributed by atoms with Crippen LogP contribution in [0.5, 0.6) is 0 Å². The average Bonchev–Trinajstić information content (AvgIpc) is 3.04. The third-order valence-electron chi connectivity index (χ3n) is 5.17. The number of rotatable bonds is 5. The molecule has 1 atom stereocenters. The van der Waals surface area contributed by atoms with Crippen LogP contribution in [0.2, 0.25) is 0 Å². The topological polar surface area (TPSA) is 29.0 Å². The van der Waals surface area contributed by atoms with Crippen molar-refractivity contribution in [3.05, 3.63) is 47.8 Å². The Labute approximate surface area is 146 Å². The average molecular weight is 323 g/mol. The van der Waals surface area contributed by atoms with Gasteiger partial charge in [-0.15, -0.1) is 0 Å². The standard InChI is InChI=1S/C21H29N3/c1-15(2)18-6-5-7-19(10-18)21-22-11-17(12-23-21)13-24-9-8-20(14-24)16(3)4/h5-7,10-12,15-16,20H,8-9,13-14H2,1-4H3. The number of likely N-dealkylation sites (tertiary alicyclic amines) is 1. The van der Waals surface area contributed by atoms with E-state index < -0.39 is 0 Å². The first-order valence-corrected chi connectivity index (χ1v) is 9.16. The fraction of sp³-hybridized carbons (Fsp3) is 0.524. The summed E-state index contributed by atoms with van der Waals surface area (Å²) in [5.41, 5.74) is 3.65. The molecule has 1 unspecified atom stereocenters. The molecule has 0 spiro atoms. The summed E-state index contributed by atoms with van der Waals surface area (Å²) >= 11 is 0.